The van der Waals surface area contributed by atoms with E-state index in [4.69, 9.17) is 24.4 Å². The van der Waals surface area contributed by atoms with Gasteiger partial charge in [0.2, 0.25) is 0 Å². The van der Waals surface area contributed by atoms with E-state index < -0.39 is 0 Å². The Morgan fingerprint density at radius 3 is 1.56 bits per heavy atom. The average molecular weight is 196 g/mol. The maximum absolute atomic E-state index is 4.74. The fraction of sp³-hybridized carbons (Fsp3) is 0.600. The summed E-state index contributed by atoms with van der Waals surface area (Å²) in [6.45, 7) is 0. The van der Waals surface area contributed by atoms with Crippen LogP contribution < -0.4 is 0 Å². The molecule has 0 N–H and O–H groups in total. The van der Waals surface area contributed by atoms with Crippen LogP contribution >= 0.6 is 49.7 Å². The van der Waals surface area contributed by atoms with Gasteiger partial charge in [0.25, 0.3) is 0 Å². The zero-order chi connectivity index (χ0) is 7.28. The molecule has 4 heteroatoms. The molecular weight excluding hydrogens is 188 g/mol. The Hall–Kier alpha value is 0.880. The minimum Gasteiger partial charge on any atom is -0.136 e. The van der Waals surface area contributed by atoms with Crippen LogP contribution in [0.3, 0.4) is 0 Å². The molecule has 0 unspecified atom stereocenters. The molecule has 0 aliphatic carbocycles. The Balaban J connectivity index is 3.10. The van der Waals surface area contributed by atoms with Gasteiger partial charge in [-0.3, -0.25) is 0 Å². The Morgan fingerprint density at radius 2 is 1.33 bits per heavy atom. The molecule has 0 amide bonds. The van der Waals surface area contributed by atoms with E-state index in [9.17, 15) is 0 Å². The van der Waals surface area contributed by atoms with Gasteiger partial charge in [-0.05, 0) is 19.3 Å². The summed E-state index contributed by atoms with van der Waals surface area (Å²) in [5.41, 5.74) is 0. The molecule has 0 rings (SSSR count). The highest BCUT2D eigenvalue weighted by Gasteiger charge is 1.91. The molecule has 9 heavy (non-hydrogen) atoms. The van der Waals surface area contributed by atoms with Gasteiger partial charge in [-0.2, -0.15) is 0 Å². The van der Waals surface area contributed by atoms with Crippen molar-refractivity contribution in [3.8, 4) is 0 Å². The van der Waals surface area contributed by atoms with Crippen LogP contribution in [-0.4, -0.2) is 8.39 Å². The Bertz CT molecular complexity index is 104. The quantitative estimate of drug-likeness (QED) is 0.524. The van der Waals surface area contributed by atoms with E-state index in [2.05, 4.69) is 25.3 Å². The van der Waals surface area contributed by atoms with Gasteiger partial charge >= 0.3 is 0 Å². The number of thiocarbonyl (C=S) groups is 2. The van der Waals surface area contributed by atoms with E-state index in [-0.39, 0.29) is 0 Å². The molecule has 0 aliphatic heterocycles. The highest BCUT2D eigenvalue weighted by molar-refractivity contribution is 8.11. The lowest BCUT2D eigenvalue weighted by atomic mass is 10.3. The van der Waals surface area contributed by atoms with Crippen molar-refractivity contribution >= 4 is 58.1 Å². The second-order valence-electron chi connectivity index (χ2n) is 1.64. The minimum atomic E-state index is 0.750. The number of rotatable bonds is 4. The molecule has 0 fully saturated rings. The van der Waals surface area contributed by atoms with Crippen LogP contribution in [0.2, 0.25) is 0 Å². The summed E-state index contributed by atoms with van der Waals surface area (Å²) in [7, 11) is 0. The predicted octanol–water partition coefficient (Wildman–Crippen LogP) is 2.67. The van der Waals surface area contributed by atoms with Crippen LogP contribution in [0, 0.1) is 0 Å². The fourth-order valence-corrected chi connectivity index (χ4v) is 0.996. The zero-order valence-corrected chi connectivity index (χ0v) is 8.25. The lowest BCUT2D eigenvalue weighted by Crippen LogP contribution is -1.86. The summed E-state index contributed by atoms with van der Waals surface area (Å²) < 4.78 is 1.50. The maximum atomic E-state index is 4.74. The summed E-state index contributed by atoms with van der Waals surface area (Å²) in [5, 5.41) is 0. The number of thiol groups is 2. The largest absolute Gasteiger partial charge is 0.136 e. The van der Waals surface area contributed by atoms with E-state index in [0.29, 0.717) is 0 Å². The highest BCUT2D eigenvalue weighted by Crippen LogP contribution is 2.03. The third-order valence-corrected chi connectivity index (χ3v) is 1.64. The number of hydrogen-bond donors (Lipinski definition) is 2. The molecule has 0 aromatic carbocycles. The molecule has 0 atom stereocenters. The predicted molar refractivity (Wildman–Crippen MR) is 57.0 cm³/mol. The Kier molecular flexibility index (Phi) is 6.20. The van der Waals surface area contributed by atoms with Gasteiger partial charge in [-0.1, -0.05) is 24.4 Å². The van der Waals surface area contributed by atoms with E-state index >= 15 is 0 Å². The summed E-state index contributed by atoms with van der Waals surface area (Å²) in [5.74, 6) is 0. The van der Waals surface area contributed by atoms with Crippen molar-refractivity contribution in [2.45, 2.75) is 19.3 Å². The second-order valence-corrected chi connectivity index (χ2v) is 4.31. The average Bonchev–Trinajstić information content (AvgIpc) is 1.63. The van der Waals surface area contributed by atoms with Crippen LogP contribution in [0.5, 0.6) is 0 Å². The van der Waals surface area contributed by atoms with Gasteiger partial charge in [-0.25, -0.2) is 0 Å². The first-order valence-electron chi connectivity index (χ1n) is 2.56. The lowest BCUT2D eigenvalue weighted by molar-refractivity contribution is 0.953. The third-order valence-electron chi connectivity index (χ3n) is 0.781. The monoisotopic (exact) mass is 196 g/mol. The van der Waals surface area contributed by atoms with Gasteiger partial charge in [0.1, 0.15) is 0 Å². The molecular formula is C5H8S4. The normalized spacial score (nSPS) is 9.11. The van der Waals surface area contributed by atoms with Crippen LogP contribution in [0.15, 0.2) is 0 Å². The van der Waals surface area contributed by atoms with Crippen LogP contribution in [0.25, 0.3) is 0 Å². The lowest BCUT2D eigenvalue weighted by Gasteiger charge is -1.93. The first-order chi connectivity index (χ1) is 4.13. The smallest absolute Gasteiger partial charge is 0.0448 e. The standard InChI is InChI=1S/C5H8S4/c6-4(7)2-1-3-5(8)9/h1-3H2,(H,6,7)(H,8,9). The summed E-state index contributed by atoms with van der Waals surface area (Å²) in [6.07, 6.45) is 2.70. The summed E-state index contributed by atoms with van der Waals surface area (Å²) >= 11 is 17.4. The van der Waals surface area contributed by atoms with E-state index in [0.717, 1.165) is 27.7 Å². The first kappa shape index (κ1) is 9.88. The van der Waals surface area contributed by atoms with E-state index in [1.807, 2.05) is 0 Å². The van der Waals surface area contributed by atoms with Crippen molar-refractivity contribution in [1.29, 1.82) is 0 Å². The van der Waals surface area contributed by atoms with Crippen molar-refractivity contribution in [2.75, 3.05) is 0 Å². The summed E-state index contributed by atoms with van der Waals surface area (Å²) in [6, 6.07) is 0. The van der Waals surface area contributed by atoms with Crippen molar-refractivity contribution in [3.63, 3.8) is 0 Å². The zero-order valence-electron chi connectivity index (χ0n) is 4.83. The molecule has 0 spiro atoms. The SMILES string of the molecule is S=C(S)CCCC(=S)S. The van der Waals surface area contributed by atoms with Gasteiger partial charge < -0.3 is 0 Å². The highest BCUT2D eigenvalue weighted by atomic mass is 32.1. The molecule has 0 nitrogen and oxygen atoms in total. The van der Waals surface area contributed by atoms with Crippen molar-refractivity contribution in [3.05, 3.63) is 0 Å². The number of hydrogen-bond acceptors (Lipinski definition) is 2. The molecule has 52 valence electrons. The van der Waals surface area contributed by atoms with Crippen LogP contribution in [-0.2, 0) is 0 Å². The molecule has 0 radical (unpaired) electrons. The Morgan fingerprint density at radius 1 is 1.00 bits per heavy atom. The maximum Gasteiger partial charge on any atom is 0.0448 e. The third kappa shape index (κ3) is 8.88. The fourth-order valence-electron chi connectivity index (χ4n) is 0.391. The molecule has 0 aromatic heterocycles. The Labute approximate surface area is 77.2 Å². The van der Waals surface area contributed by atoms with Crippen molar-refractivity contribution < 1.29 is 0 Å². The van der Waals surface area contributed by atoms with Crippen LogP contribution in [0.4, 0.5) is 0 Å². The van der Waals surface area contributed by atoms with Gasteiger partial charge in [0.05, 0.1) is 0 Å². The molecule has 0 aromatic rings. The molecule has 0 aliphatic rings. The van der Waals surface area contributed by atoms with Crippen LogP contribution in [0.1, 0.15) is 19.3 Å². The molecule has 0 saturated carbocycles. The first-order valence-corrected chi connectivity index (χ1v) is 4.27. The molecule has 0 heterocycles. The van der Waals surface area contributed by atoms with Gasteiger partial charge in [0, 0.05) is 8.39 Å². The van der Waals surface area contributed by atoms with E-state index in [1.165, 1.54) is 0 Å². The molecule has 0 saturated heterocycles. The second kappa shape index (κ2) is 5.65. The van der Waals surface area contributed by atoms with Crippen molar-refractivity contribution in [2.24, 2.45) is 0 Å². The molecule has 0 bridgehead atoms. The van der Waals surface area contributed by atoms with E-state index in [1.54, 1.807) is 0 Å². The minimum absolute atomic E-state index is 0.750. The summed E-state index contributed by atoms with van der Waals surface area (Å²) in [4.78, 5) is 0. The van der Waals surface area contributed by atoms with Crippen molar-refractivity contribution in [1.82, 2.24) is 0 Å². The van der Waals surface area contributed by atoms with Gasteiger partial charge in [-0.15, -0.1) is 25.3 Å². The topological polar surface area (TPSA) is 0 Å². The van der Waals surface area contributed by atoms with Gasteiger partial charge in [0.15, 0.2) is 0 Å².